The smallest absolute Gasteiger partial charge is 0.201 e. The molecule has 2 nitrogen and oxygen atoms in total. The fourth-order valence-electron chi connectivity index (χ4n) is 2.95. The first kappa shape index (κ1) is 15.3. The highest BCUT2D eigenvalue weighted by molar-refractivity contribution is 5.89. The van der Waals surface area contributed by atoms with E-state index in [9.17, 15) is 9.18 Å². The first-order valence-corrected chi connectivity index (χ1v) is 8.03. The highest BCUT2D eigenvalue weighted by Gasteiger charge is 2.18. The molecule has 3 heteroatoms. The van der Waals surface area contributed by atoms with Crippen LogP contribution in [0.25, 0.3) is 33.4 Å². The van der Waals surface area contributed by atoms with Gasteiger partial charge in [-0.25, -0.2) is 4.39 Å². The summed E-state index contributed by atoms with van der Waals surface area (Å²) >= 11 is 0. The quantitative estimate of drug-likeness (QED) is 0.480. The number of para-hydroxylation sites is 1. The van der Waals surface area contributed by atoms with E-state index in [0.29, 0.717) is 33.4 Å². The van der Waals surface area contributed by atoms with Crippen molar-refractivity contribution in [2.75, 3.05) is 0 Å². The van der Waals surface area contributed by atoms with Crippen LogP contribution in [-0.4, -0.2) is 0 Å². The van der Waals surface area contributed by atoms with Gasteiger partial charge in [0.2, 0.25) is 5.43 Å². The van der Waals surface area contributed by atoms with Crippen molar-refractivity contribution in [2.24, 2.45) is 0 Å². The third-order valence-electron chi connectivity index (χ3n) is 4.29. The van der Waals surface area contributed by atoms with Crippen LogP contribution in [0.15, 0.2) is 82.0 Å². The zero-order valence-electron chi connectivity index (χ0n) is 13.6. The van der Waals surface area contributed by atoms with Gasteiger partial charge in [0, 0.05) is 5.56 Å². The Morgan fingerprint density at radius 1 is 0.840 bits per heavy atom. The summed E-state index contributed by atoms with van der Waals surface area (Å²) in [6, 6.07) is 21.3. The fourth-order valence-corrected chi connectivity index (χ4v) is 2.95. The zero-order valence-corrected chi connectivity index (χ0v) is 13.6. The molecule has 3 aromatic carbocycles. The Balaban J connectivity index is 2.12. The minimum Gasteiger partial charge on any atom is -0.455 e. The molecule has 0 N–H and O–H groups in total. The number of benzene rings is 3. The van der Waals surface area contributed by atoms with Crippen LogP contribution < -0.4 is 5.43 Å². The average molecular weight is 330 g/mol. The molecule has 0 aliphatic rings. The maximum absolute atomic E-state index is 14.1. The van der Waals surface area contributed by atoms with Gasteiger partial charge in [-0.1, -0.05) is 54.6 Å². The van der Waals surface area contributed by atoms with Crippen molar-refractivity contribution < 1.29 is 8.81 Å². The molecule has 0 amide bonds. The molecule has 0 unspecified atom stereocenters. The minimum absolute atomic E-state index is 0.163. The summed E-state index contributed by atoms with van der Waals surface area (Å²) in [7, 11) is 0. The van der Waals surface area contributed by atoms with Crippen LogP contribution in [0.4, 0.5) is 4.39 Å². The second-order valence-electron chi connectivity index (χ2n) is 5.96. The van der Waals surface area contributed by atoms with E-state index in [1.807, 2.05) is 36.4 Å². The number of fused-ring (bicyclic) bond motifs is 1. The number of hydrogen-bond acceptors (Lipinski definition) is 2. The standard InChI is InChI=1S/C22H15FO2/c1-14-11-12-16(13-18(14)23)20-21(24)17-9-5-6-10-19(17)25-22(20)15-7-3-2-4-8-15/h2-13H,1H3. The molecule has 4 rings (SSSR count). The van der Waals surface area contributed by atoms with Gasteiger partial charge in [-0.15, -0.1) is 0 Å². The van der Waals surface area contributed by atoms with Crippen LogP contribution in [0.1, 0.15) is 5.56 Å². The summed E-state index contributed by atoms with van der Waals surface area (Å²) < 4.78 is 20.2. The molecule has 1 heterocycles. The van der Waals surface area contributed by atoms with Crippen LogP contribution in [0.3, 0.4) is 0 Å². The molecule has 0 aliphatic heterocycles. The molecule has 0 spiro atoms. The first-order chi connectivity index (χ1) is 12.1. The van der Waals surface area contributed by atoms with Gasteiger partial charge >= 0.3 is 0 Å². The van der Waals surface area contributed by atoms with E-state index in [-0.39, 0.29) is 11.2 Å². The third-order valence-corrected chi connectivity index (χ3v) is 4.29. The Bertz CT molecular complexity index is 1130. The lowest BCUT2D eigenvalue weighted by Gasteiger charge is -2.11. The molecular formula is C22H15FO2. The lowest BCUT2D eigenvalue weighted by Crippen LogP contribution is -2.07. The van der Waals surface area contributed by atoms with E-state index >= 15 is 0 Å². The monoisotopic (exact) mass is 330 g/mol. The molecule has 122 valence electrons. The Kier molecular flexibility index (Phi) is 3.69. The molecule has 0 bridgehead atoms. The molecule has 1 aromatic heterocycles. The SMILES string of the molecule is Cc1ccc(-c2c(-c3ccccc3)oc3ccccc3c2=O)cc1F. The summed E-state index contributed by atoms with van der Waals surface area (Å²) in [6.07, 6.45) is 0. The normalized spacial score (nSPS) is 11.0. The first-order valence-electron chi connectivity index (χ1n) is 8.03. The van der Waals surface area contributed by atoms with Crippen LogP contribution in [0.5, 0.6) is 0 Å². The van der Waals surface area contributed by atoms with Crippen molar-refractivity contribution in [1.82, 2.24) is 0 Å². The van der Waals surface area contributed by atoms with E-state index in [2.05, 4.69) is 0 Å². The van der Waals surface area contributed by atoms with E-state index in [0.717, 1.165) is 5.56 Å². The molecule has 0 fully saturated rings. The molecule has 0 saturated carbocycles. The molecule has 4 aromatic rings. The van der Waals surface area contributed by atoms with Crippen molar-refractivity contribution in [3.05, 3.63) is 94.4 Å². The van der Waals surface area contributed by atoms with Crippen molar-refractivity contribution >= 4 is 11.0 Å². The summed E-state index contributed by atoms with van der Waals surface area (Å²) in [5, 5.41) is 0.484. The van der Waals surface area contributed by atoms with Crippen LogP contribution in [-0.2, 0) is 0 Å². The van der Waals surface area contributed by atoms with Crippen LogP contribution in [0.2, 0.25) is 0 Å². The number of aryl methyl sites for hydroxylation is 1. The van der Waals surface area contributed by atoms with Crippen LogP contribution in [0, 0.1) is 12.7 Å². The minimum atomic E-state index is -0.343. The number of hydrogen-bond donors (Lipinski definition) is 0. The number of rotatable bonds is 2. The molecule has 0 aliphatic carbocycles. The molecule has 0 atom stereocenters. The predicted octanol–water partition coefficient (Wildman–Crippen LogP) is 5.57. The Hall–Kier alpha value is -3.20. The fraction of sp³-hybridized carbons (Fsp3) is 0.0455. The van der Waals surface area contributed by atoms with Gasteiger partial charge in [-0.05, 0) is 36.2 Å². The largest absolute Gasteiger partial charge is 0.455 e. The van der Waals surface area contributed by atoms with Crippen molar-refractivity contribution in [1.29, 1.82) is 0 Å². The average Bonchev–Trinajstić information content (AvgIpc) is 2.65. The maximum atomic E-state index is 14.1. The Morgan fingerprint density at radius 2 is 1.56 bits per heavy atom. The second kappa shape index (κ2) is 6.02. The highest BCUT2D eigenvalue weighted by Crippen LogP contribution is 2.33. The zero-order chi connectivity index (χ0) is 17.4. The Labute approximate surface area is 144 Å². The van der Waals surface area contributed by atoms with Gasteiger partial charge in [0.1, 0.15) is 17.2 Å². The van der Waals surface area contributed by atoms with Gasteiger partial charge in [-0.3, -0.25) is 4.79 Å². The van der Waals surface area contributed by atoms with Crippen LogP contribution >= 0.6 is 0 Å². The summed E-state index contributed by atoms with van der Waals surface area (Å²) in [4.78, 5) is 13.1. The van der Waals surface area contributed by atoms with Crippen molar-refractivity contribution in [3.8, 4) is 22.5 Å². The van der Waals surface area contributed by atoms with E-state index in [1.54, 1.807) is 37.3 Å². The predicted molar refractivity (Wildman–Crippen MR) is 98.1 cm³/mol. The van der Waals surface area contributed by atoms with Crippen molar-refractivity contribution in [3.63, 3.8) is 0 Å². The van der Waals surface area contributed by atoms with Gasteiger partial charge < -0.3 is 4.42 Å². The summed E-state index contributed by atoms with van der Waals surface area (Å²) in [5.41, 5.74) is 2.56. The van der Waals surface area contributed by atoms with Gasteiger partial charge in [0.25, 0.3) is 0 Å². The summed E-state index contributed by atoms with van der Waals surface area (Å²) in [6.45, 7) is 1.69. The maximum Gasteiger partial charge on any atom is 0.201 e. The third kappa shape index (κ3) is 2.64. The lowest BCUT2D eigenvalue weighted by molar-refractivity contribution is 0.616. The van der Waals surface area contributed by atoms with Crippen molar-refractivity contribution in [2.45, 2.75) is 6.92 Å². The van der Waals surface area contributed by atoms with Gasteiger partial charge in [0.05, 0.1) is 10.9 Å². The van der Waals surface area contributed by atoms with E-state index < -0.39 is 0 Å². The van der Waals surface area contributed by atoms with E-state index in [4.69, 9.17) is 4.42 Å². The van der Waals surface area contributed by atoms with Gasteiger partial charge in [-0.2, -0.15) is 0 Å². The second-order valence-corrected chi connectivity index (χ2v) is 5.96. The molecule has 0 radical (unpaired) electrons. The highest BCUT2D eigenvalue weighted by atomic mass is 19.1. The van der Waals surface area contributed by atoms with E-state index in [1.165, 1.54) is 6.07 Å². The topological polar surface area (TPSA) is 30.2 Å². The van der Waals surface area contributed by atoms with Gasteiger partial charge in [0.15, 0.2) is 0 Å². The molecular weight excluding hydrogens is 315 g/mol. The molecule has 0 saturated heterocycles. The Morgan fingerprint density at radius 3 is 2.32 bits per heavy atom. The molecule has 25 heavy (non-hydrogen) atoms. The summed E-state index contributed by atoms with van der Waals surface area (Å²) in [5.74, 6) is 0.108. The number of halogens is 1. The lowest BCUT2D eigenvalue weighted by atomic mass is 9.97.